The summed E-state index contributed by atoms with van der Waals surface area (Å²) in [5.74, 6) is 0.705. The fraction of sp³-hybridized carbons (Fsp3) is 0.778. The summed E-state index contributed by atoms with van der Waals surface area (Å²) in [5, 5.41) is 19.6. The van der Waals surface area contributed by atoms with Gasteiger partial charge in [0.1, 0.15) is 0 Å². The van der Waals surface area contributed by atoms with E-state index in [4.69, 9.17) is 0 Å². The second-order valence-electron chi connectivity index (χ2n) is 4.02. The van der Waals surface area contributed by atoms with Gasteiger partial charge in [-0.1, -0.05) is 5.21 Å². The molecule has 7 heteroatoms. The first-order chi connectivity index (χ1) is 7.77. The quantitative estimate of drug-likeness (QED) is 0.635. The topological polar surface area (TPSA) is 95.6 Å². The number of nitrogens with one attached hydrogen (secondary N) is 3. The molecular formula is C9H16N6O. The monoisotopic (exact) mass is 224 g/mol. The molecule has 1 atom stereocenters. The Morgan fingerprint density at radius 3 is 2.88 bits per heavy atom. The molecule has 16 heavy (non-hydrogen) atoms. The van der Waals surface area contributed by atoms with Crippen molar-refractivity contribution in [3.05, 3.63) is 5.82 Å². The van der Waals surface area contributed by atoms with E-state index in [9.17, 15) is 4.79 Å². The van der Waals surface area contributed by atoms with Gasteiger partial charge in [-0.3, -0.25) is 4.79 Å². The van der Waals surface area contributed by atoms with Crippen molar-refractivity contribution in [1.82, 2.24) is 31.3 Å². The lowest BCUT2D eigenvalue weighted by Gasteiger charge is -2.23. The molecule has 88 valence electrons. The van der Waals surface area contributed by atoms with Gasteiger partial charge in [-0.2, -0.15) is 5.21 Å². The number of tetrazole rings is 1. The molecule has 1 unspecified atom stereocenters. The summed E-state index contributed by atoms with van der Waals surface area (Å²) >= 11 is 0. The van der Waals surface area contributed by atoms with Crippen LogP contribution in [-0.2, 0) is 4.79 Å². The van der Waals surface area contributed by atoms with Crippen LogP contribution < -0.4 is 10.6 Å². The van der Waals surface area contributed by atoms with Crippen molar-refractivity contribution >= 4 is 5.91 Å². The maximum absolute atomic E-state index is 11.9. The molecule has 1 aromatic heterocycles. The van der Waals surface area contributed by atoms with E-state index in [1.807, 2.05) is 6.92 Å². The van der Waals surface area contributed by atoms with Crippen LogP contribution in [0, 0.1) is 5.92 Å². The van der Waals surface area contributed by atoms with Gasteiger partial charge in [0.05, 0.1) is 6.04 Å². The van der Waals surface area contributed by atoms with E-state index >= 15 is 0 Å². The average molecular weight is 224 g/mol. The SMILES string of the molecule is CC(NC(=O)C1CCNCC1)c1nn[nH]n1. The first-order valence-electron chi connectivity index (χ1n) is 5.52. The second kappa shape index (κ2) is 5.02. The first kappa shape index (κ1) is 11.0. The van der Waals surface area contributed by atoms with Crippen LogP contribution in [0.3, 0.4) is 0 Å². The number of hydrogen-bond donors (Lipinski definition) is 3. The van der Waals surface area contributed by atoms with Crippen molar-refractivity contribution in [2.75, 3.05) is 13.1 Å². The Hall–Kier alpha value is -1.50. The van der Waals surface area contributed by atoms with Gasteiger partial charge in [0, 0.05) is 5.92 Å². The number of piperidine rings is 1. The minimum absolute atomic E-state index is 0.0822. The fourth-order valence-electron chi connectivity index (χ4n) is 1.83. The zero-order chi connectivity index (χ0) is 11.4. The predicted octanol–water partition coefficient (Wildman–Crippen LogP) is -0.623. The van der Waals surface area contributed by atoms with Crippen LogP contribution in [0.25, 0.3) is 0 Å². The number of carbonyl (C=O) groups is 1. The van der Waals surface area contributed by atoms with Gasteiger partial charge in [-0.15, -0.1) is 10.2 Å². The van der Waals surface area contributed by atoms with E-state index in [-0.39, 0.29) is 17.9 Å². The van der Waals surface area contributed by atoms with Crippen molar-refractivity contribution in [3.8, 4) is 0 Å². The van der Waals surface area contributed by atoms with E-state index in [2.05, 4.69) is 31.3 Å². The Morgan fingerprint density at radius 1 is 1.50 bits per heavy atom. The third-order valence-electron chi connectivity index (χ3n) is 2.82. The Balaban J connectivity index is 1.86. The van der Waals surface area contributed by atoms with Crippen molar-refractivity contribution in [2.24, 2.45) is 5.92 Å². The molecule has 1 aliphatic rings. The van der Waals surface area contributed by atoms with Gasteiger partial charge >= 0.3 is 0 Å². The third kappa shape index (κ3) is 2.54. The molecule has 0 radical (unpaired) electrons. The minimum atomic E-state index is -0.193. The van der Waals surface area contributed by atoms with E-state index in [0.29, 0.717) is 5.82 Å². The average Bonchev–Trinajstić information content (AvgIpc) is 2.83. The van der Waals surface area contributed by atoms with Crippen LogP contribution >= 0.6 is 0 Å². The summed E-state index contributed by atoms with van der Waals surface area (Å²) < 4.78 is 0. The summed E-state index contributed by atoms with van der Waals surface area (Å²) in [6.07, 6.45) is 1.79. The van der Waals surface area contributed by atoms with Gasteiger partial charge in [0.15, 0.2) is 5.82 Å². The molecule has 2 rings (SSSR count). The summed E-state index contributed by atoms with van der Waals surface area (Å²) in [7, 11) is 0. The Kier molecular flexibility index (Phi) is 3.45. The lowest BCUT2D eigenvalue weighted by Crippen LogP contribution is -2.39. The largest absolute Gasteiger partial charge is 0.346 e. The predicted molar refractivity (Wildman–Crippen MR) is 56.3 cm³/mol. The highest BCUT2D eigenvalue weighted by Crippen LogP contribution is 2.13. The highest BCUT2D eigenvalue weighted by Gasteiger charge is 2.23. The van der Waals surface area contributed by atoms with Crippen LogP contribution in [0.4, 0.5) is 0 Å². The Bertz CT molecular complexity index is 332. The number of aromatic nitrogens is 4. The molecule has 2 heterocycles. The van der Waals surface area contributed by atoms with Crippen molar-refractivity contribution < 1.29 is 4.79 Å². The number of H-pyrrole nitrogens is 1. The number of carbonyl (C=O) groups excluding carboxylic acids is 1. The van der Waals surface area contributed by atoms with E-state index < -0.39 is 0 Å². The van der Waals surface area contributed by atoms with Gasteiger partial charge in [-0.25, -0.2) is 0 Å². The van der Waals surface area contributed by atoms with Gasteiger partial charge in [0.2, 0.25) is 5.91 Å². The molecule has 1 aromatic rings. The maximum atomic E-state index is 11.9. The van der Waals surface area contributed by atoms with Gasteiger partial charge < -0.3 is 10.6 Å². The van der Waals surface area contributed by atoms with Crippen molar-refractivity contribution in [2.45, 2.75) is 25.8 Å². The fourth-order valence-corrected chi connectivity index (χ4v) is 1.83. The molecule has 0 bridgehead atoms. The normalized spacial score (nSPS) is 19.3. The molecule has 1 amide bonds. The summed E-state index contributed by atoms with van der Waals surface area (Å²) in [6.45, 7) is 3.67. The molecule has 0 aromatic carbocycles. The van der Waals surface area contributed by atoms with Crippen LogP contribution in [0.1, 0.15) is 31.6 Å². The number of aromatic amines is 1. The van der Waals surface area contributed by atoms with Crippen LogP contribution in [0.2, 0.25) is 0 Å². The molecule has 3 N–H and O–H groups in total. The summed E-state index contributed by atoms with van der Waals surface area (Å²) in [6, 6.07) is -0.193. The molecule has 1 saturated heterocycles. The van der Waals surface area contributed by atoms with E-state index in [0.717, 1.165) is 25.9 Å². The van der Waals surface area contributed by atoms with Crippen LogP contribution in [0.5, 0.6) is 0 Å². The van der Waals surface area contributed by atoms with Gasteiger partial charge in [0.25, 0.3) is 0 Å². The molecule has 0 spiro atoms. The second-order valence-corrected chi connectivity index (χ2v) is 4.02. The lowest BCUT2D eigenvalue weighted by atomic mass is 9.97. The third-order valence-corrected chi connectivity index (χ3v) is 2.82. The standard InChI is InChI=1S/C9H16N6O/c1-6(8-12-14-15-13-8)11-9(16)7-2-4-10-5-3-7/h6-7,10H,2-5H2,1H3,(H,11,16)(H,12,13,14,15). The Morgan fingerprint density at radius 2 is 2.25 bits per heavy atom. The molecular weight excluding hydrogens is 208 g/mol. The highest BCUT2D eigenvalue weighted by molar-refractivity contribution is 5.79. The number of amides is 1. The van der Waals surface area contributed by atoms with Gasteiger partial charge in [-0.05, 0) is 32.9 Å². The zero-order valence-corrected chi connectivity index (χ0v) is 9.23. The smallest absolute Gasteiger partial charge is 0.223 e. The lowest BCUT2D eigenvalue weighted by molar-refractivity contribution is -0.126. The van der Waals surface area contributed by atoms with E-state index in [1.165, 1.54) is 0 Å². The molecule has 1 aliphatic heterocycles. The Labute approximate surface area is 93.4 Å². The number of rotatable bonds is 3. The molecule has 7 nitrogen and oxygen atoms in total. The summed E-state index contributed by atoms with van der Waals surface area (Å²) in [4.78, 5) is 11.9. The highest BCUT2D eigenvalue weighted by atomic mass is 16.2. The van der Waals surface area contributed by atoms with Crippen molar-refractivity contribution in [3.63, 3.8) is 0 Å². The summed E-state index contributed by atoms with van der Waals surface area (Å²) in [5.41, 5.74) is 0. The maximum Gasteiger partial charge on any atom is 0.223 e. The van der Waals surface area contributed by atoms with Crippen molar-refractivity contribution in [1.29, 1.82) is 0 Å². The molecule has 0 saturated carbocycles. The number of hydrogen-bond acceptors (Lipinski definition) is 5. The van der Waals surface area contributed by atoms with E-state index in [1.54, 1.807) is 0 Å². The van der Waals surface area contributed by atoms with Crippen LogP contribution in [-0.4, -0.2) is 39.6 Å². The molecule has 0 aliphatic carbocycles. The molecule has 1 fully saturated rings. The zero-order valence-electron chi connectivity index (χ0n) is 9.23. The first-order valence-corrected chi connectivity index (χ1v) is 5.52. The number of nitrogens with zero attached hydrogens (tertiary/aromatic N) is 3. The minimum Gasteiger partial charge on any atom is -0.346 e. The van der Waals surface area contributed by atoms with Crippen LogP contribution in [0.15, 0.2) is 0 Å².